The summed E-state index contributed by atoms with van der Waals surface area (Å²) in [4.78, 5) is 4.46. The van der Waals surface area contributed by atoms with Gasteiger partial charge in [0, 0.05) is 52.9 Å². The van der Waals surface area contributed by atoms with Crippen LogP contribution in [-0.2, 0) is 18.3 Å². The summed E-state index contributed by atoms with van der Waals surface area (Å²) in [6, 6.07) is 0. The summed E-state index contributed by atoms with van der Waals surface area (Å²) in [6.07, 6.45) is 0. The largest absolute Gasteiger partial charge is 0.383 e. The molecule has 0 atom stereocenters. The molecule has 0 aromatic carbocycles. The molecule has 0 amide bonds. The summed E-state index contributed by atoms with van der Waals surface area (Å²) in [6.45, 7) is 6.48. The lowest BCUT2D eigenvalue weighted by Gasteiger charge is -2.23. The Labute approximate surface area is 122 Å². The Kier molecular flexibility index (Phi) is 6.98. The van der Waals surface area contributed by atoms with E-state index in [0.29, 0.717) is 0 Å². The minimum atomic E-state index is 0.727. The fraction of sp³-hybridized carbons (Fsp3) is 0.786. The van der Waals surface area contributed by atoms with Crippen LogP contribution < -0.4 is 10.2 Å². The molecule has 1 heterocycles. The Hall–Kier alpha value is -1.11. The van der Waals surface area contributed by atoms with Crippen molar-refractivity contribution in [2.24, 2.45) is 7.05 Å². The van der Waals surface area contributed by atoms with E-state index >= 15 is 0 Å². The summed E-state index contributed by atoms with van der Waals surface area (Å²) in [5, 5.41) is 7.95. The topological polar surface area (TPSA) is 45.6 Å². The minimum absolute atomic E-state index is 0.727. The Morgan fingerprint density at radius 3 is 2.55 bits per heavy atom. The smallest absolute Gasteiger partial charge is 0.131 e. The molecule has 0 fully saturated rings. The Morgan fingerprint density at radius 1 is 1.25 bits per heavy atom. The predicted octanol–water partition coefficient (Wildman–Crippen LogP) is 0.462. The fourth-order valence-electron chi connectivity index (χ4n) is 2.22. The van der Waals surface area contributed by atoms with Gasteiger partial charge in [-0.15, -0.1) is 0 Å². The highest BCUT2D eigenvalue weighted by molar-refractivity contribution is 5.49. The van der Waals surface area contributed by atoms with Gasteiger partial charge in [-0.3, -0.25) is 4.68 Å². The van der Waals surface area contributed by atoms with Crippen LogP contribution in [0.1, 0.15) is 11.3 Å². The summed E-state index contributed by atoms with van der Waals surface area (Å²) >= 11 is 0. The molecule has 1 N–H and O–H groups in total. The van der Waals surface area contributed by atoms with Crippen molar-refractivity contribution in [3.63, 3.8) is 0 Å². The molecule has 0 spiro atoms. The molecule has 1 rings (SSSR count). The lowest BCUT2D eigenvalue weighted by molar-refractivity contribution is 0.199. The third-order valence-corrected chi connectivity index (χ3v) is 3.34. The molecule has 20 heavy (non-hydrogen) atoms. The first-order chi connectivity index (χ1) is 9.47. The second-order valence-corrected chi connectivity index (χ2v) is 5.41. The number of likely N-dealkylation sites (N-methyl/N-ethyl adjacent to an activating group) is 2. The van der Waals surface area contributed by atoms with Gasteiger partial charge < -0.3 is 19.9 Å². The summed E-state index contributed by atoms with van der Waals surface area (Å²) in [5.74, 6) is 1.19. The SMILES string of the molecule is COCCNCc1c(C)nn(C)c1N(C)CCN(C)C. The van der Waals surface area contributed by atoms with Gasteiger partial charge in [0.15, 0.2) is 0 Å². The van der Waals surface area contributed by atoms with Crippen molar-refractivity contribution in [1.82, 2.24) is 20.0 Å². The van der Waals surface area contributed by atoms with Crippen molar-refractivity contribution in [1.29, 1.82) is 0 Å². The van der Waals surface area contributed by atoms with Crippen molar-refractivity contribution in [3.05, 3.63) is 11.3 Å². The van der Waals surface area contributed by atoms with Crippen LogP contribution in [0.15, 0.2) is 0 Å². The van der Waals surface area contributed by atoms with Gasteiger partial charge in [0.2, 0.25) is 0 Å². The summed E-state index contributed by atoms with van der Waals surface area (Å²) < 4.78 is 7.03. The molecule has 0 radical (unpaired) electrons. The van der Waals surface area contributed by atoms with Gasteiger partial charge in [-0.2, -0.15) is 5.10 Å². The molecule has 6 nitrogen and oxygen atoms in total. The van der Waals surface area contributed by atoms with Crippen LogP contribution >= 0.6 is 0 Å². The number of nitrogens with zero attached hydrogens (tertiary/aromatic N) is 4. The standard InChI is InChI=1S/C14H29N5O/c1-12-13(11-15-7-10-20-6)14(19(5)16-12)18(4)9-8-17(2)3/h15H,7-11H2,1-6H3. The van der Waals surface area contributed by atoms with Gasteiger partial charge in [0.25, 0.3) is 0 Å². The number of aromatic nitrogens is 2. The van der Waals surface area contributed by atoms with Crippen molar-refractivity contribution in [2.45, 2.75) is 13.5 Å². The summed E-state index contributed by atoms with van der Waals surface area (Å²) in [5.41, 5.74) is 2.36. The molecule has 0 bridgehead atoms. The highest BCUT2D eigenvalue weighted by Crippen LogP contribution is 2.21. The van der Waals surface area contributed by atoms with Crippen LogP contribution in [0.3, 0.4) is 0 Å². The lowest BCUT2D eigenvalue weighted by Crippen LogP contribution is -2.31. The number of ether oxygens (including phenoxy) is 1. The molecule has 0 saturated heterocycles. The van der Waals surface area contributed by atoms with Crippen LogP contribution in [0.25, 0.3) is 0 Å². The van der Waals surface area contributed by atoms with Crippen LogP contribution in [0.5, 0.6) is 0 Å². The maximum atomic E-state index is 5.06. The third-order valence-electron chi connectivity index (χ3n) is 3.34. The molecule has 0 saturated carbocycles. The molecular weight excluding hydrogens is 254 g/mol. The Balaban J connectivity index is 2.72. The molecule has 0 unspecified atom stereocenters. The first-order valence-electron chi connectivity index (χ1n) is 7.05. The summed E-state index contributed by atoms with van der Waals surface area (Å²) in [7, 11) is 10.0. The minimum Gasteiger partial charge on any atom is -0.383 e. The Bertz CT molecular complexity index is 403. The number of rotatable bonds is 9. The zero-order valence-corrected chi connectivity index (χ0v) is 13.7. The predicted molar refractivity (Wildman–Crippen MR) is 83.4 cm³/mol. The number of aryl methyl sites for hydroxylation is 2. The second-order valence-electron chi connectivity index (χ2n) is 5.41. The molecule has 6 heteroatoms. The van der Waals surface area contributed by atoms with Crippen LogP contribution in [0.2, 0.25) is 0 Å². The number of hydrogen-bond donors (Lipinski definition) is 1. The van der Waals surface area contributed by atoms with Crippen molar-refractivity contribution in [3.8, 4) is 0 Å². The zero-order valence-electron chi connectivity index (χ0n) is 13.7. The monoisotopic (exact) mass is 283 g/mol. The third kappa shape index (κ3) is 4.77. The normalized spacial score (nSPS) is 11.3. The van der Waals surface area contributed by atoms with E-state index in [-0.39, 0.29) is 0 Å². The number of nitrogens with one attached hydrogen (secondary N) is 1. The van der Waals surface area contributed by atoms with Crippen molar-refractivity contribution < 1.29 is 4.74 Å². The molecule has 0 aliphatic heterocycles. The van der Waals surface area contributed by atoms with E-state index in [0.717, 1.165) is 38.5 Å². The van der Waals surface area contributed by atoms with Crippen molar-refractivity contribution >= 4 is 5.82 Å². The maximum Gasteiger partial charge on any atom is 0.131 e. The Morgan fingerprint density at radius 2 is 1.95 bits per heavy atom. The van der Waals surface area contributed by atoms with E-state index < -0.39 is 0 Å². The average molecular weight is 283 g/mol. The van der Waals surface area contributed by atoms with E-state index in [9.17, 15) is 0 Å². The van der Waals surface area contributed by atoms with Crippen LogP contribution in [0.4, 0.5) is 5.82 Å². The molecular formula is C14H29N5O. The van der Waals surface area contributed by atoms with Crippen LogP contribution in [-0.4, -0.2) is 69.2 Å². The van der Waals surface area contributed by atoms with E-state index in [1.807, 2.05) is 11.7 Å². The lowest BCUT2D eigenvalue weighted by atomic mass is 10.2. The molecule has 0 aliphatic carbocycles. The van der Waals surface area contributed by atoms with Gasteiger partial charge in [-0.25, -0.2) is 0 Å². The van der Waals surface area contributed by atoms with Gasteiger partial charge in [0.05, 0.1) is 12.3 Å². The highest BCUT2D eigenvalue weighted by atomic mass is 16.5. The van der Waals surface area contributed by atoms with Gasteiger partial charge in [0.1, 0.15) is 5.82 Å². The molecule has 116 valence electrons. The number of methoxy groups -OCH3 is 1. The van der Waals surface area contributed by atoms with E-state index in [4.69, 9.17) is 4.74 Å². The second kappa shape index (κ2) is 8.24. The average Bonchev–Trinajstić information content (AvgIpc) is 2.66. The van der Waals surface area contributed by atoms with E-state index in [2.05, 4.69) is 48.3 Å². The first-order valence-corrected chi connectivity index (χ1v) is 7.05. The number of hydrogen-bond acceptors (Lipinski definition) is 5. The first kappa shape index (κ1) is 16.9. The fourth-order valence-corrected chi connectivity index (χ4v) is 2.22. The van der Waals surface area contributed by atoms with Crippen LogP contribution in [0, 0.1) is 6.92 Å². The van der Waals surface area contributed by atoms with Crippen molar-refractivity contribution in [2.75, 3.05) is 59.4 Å². The van der Waals surface area contributed by atoms with Gasteiger partial charge in [-0.1, -0.05) is 0 Å². The molecule has 0 aliphatic rings. The van der Waals surface area contributed by atoms with E-state index in [1.54, 1.807) is 7.11 Å². The molecule has 1 aromatic heterocycles. The molecule has 1 aromatic rings. The maximum absolute atomic E-state index is 5.06. The zero-order chi connectivity index (χ0) is 15.1. The highest BCUT2D eigenvalue weighted by Gasteiger charge is 2.16. The van der Waals surface area contributed by atoms with Gasteiger partial charge >= 0.3 is 0 Å². The van der Waals surface area contributed by atoms with Gasteiger partial charge in [-0.05, 0) is 21.0 Å². The quantitative estimate of drug-likeness (QED) is 0.667. The number of anilines is 1. The van der Waals surface area contributed by atoms with E-state index in [1.165, 1.54) is 11.4 Å².